The molecule has 606 valence electrons. The number of ether oxygens (including phenoxy) is 2. The van der Waals surface area contributed by atoms with Crippen molar-refractivity contribution in [1.29, 1.82) is 0 Å². The van der Waals surface area contributed by atoms with E-state index >= 15 is 0 Å². The summed E-state index contributed by atoms with van der Waals surface area (Å²) in [5.74, 6) is -3.94. The van der Waals surface area contributed by atoms with Crippen LogP contribution in [0.25, 0.3) is 33.9 Å². The Morgan fingerprint density at radius 2 is 0.858 bits per heavy atom. The third-order valence-corrected chi connectivity index (χ3v) is 16.6. The van der Waals surface area contributed by atoms with Gasteiger partial charge < -0.3 is 39.0 Å². The summed E-state index contributed by atoms with van der Waals surface area (Å²) < 4.78 is 170. The van der Waals surface area contributed by atoms with Crippen molar-refractivity contribution in [3.8, 4) is 33.9 Å². The van der Waals surface area contributed by atoms with Crippen LogP contribution in [0.5, 0.6) is 0 Å². The topological polar surface area (TPSA) is 317 Å². The Balaban J connectivity index is 0.000000235. The Morgan fingerprint density at radius 1 is 0.451 bits per heavy atom. The summed E-state index contributed by atoms with van der Waals surface area (Å²) >= 11 is 17.9. The number of halogens is 14. The number of anilines is 3. The van der Waals surface area contributed by atoms with E-state index in [-0.39, 0.29) is 103 Å². The van der Waals surface area contributed by atoms with E-state index in [1.54, 1.807) is 42.5 Å². The fourth-order valence-corrected chi connectivity index (χ4v) is 10.7. The van der Waals surface area contributed by atoms with Gasteiger partial charge in [-0.15, -0.1) is 0 Å². The Labute approximate surface area is 652 Å². The van der Waals surface area contributed by atoms with Crippen LogP contribution in [0.3, 0.4) is 0 Å². The summed E-state index contributed by atoms with van der Waals surface area (Å²) in [7, 11) is 0. The molecule has 9 aromatic rings. The first kappa shape index (κ1) is 89.4. The molecule has 0 aliphatic heterocycles. The molecule has 6 amide bonds. The fraction of sp³-hybridized carbons (Fsp3) is 0.292. The normalized spacial score (nSPS) is 11.9. The zero-order chi connectivity index (χ0) is 82.1. The lowest BCUT2D eigenvalue weighted by molar-refractivity contribution is -0.138. The van der Waals surface area contributed by atoms with E-state index < -0.39 is 123 Å². The largest absolute Gasteiger partial charge is 0.447 e. The van der Waals surface area contributed by atoms with Crippen molar-refractivity contribution in [3.63, 3.8) is 0 Å². The van der Waals surface area contributed by atoms with Crippen LogP contribution < -0.4 is 47.9 Å². The molecule has 113 heavy (non-hydrogen) atoms. The smallest absolute Gasteiger partial charge is 0.414 e. The molecule has 3 heterocycles. The monoisotopic (exact) mass is 1650 g/mol. The van der Waals surface area contributed by atoms with Crippen LogP contribution in [0.4, 0.5) is 75.4 Å². The van der Waals surface area contributed by atoms with Crippen LogP contribution in [-0.4, -0.2) is 163 Å². The lowest BCUT2D eigenvalue weighted by atomic mass is 10.1. The van der Waals surface area contributed by atoms with Crippen molar-refractivity contribution < 1.29 is 105 Å². The molecule has 3 aromatic heterocycles. The highest BCUT2D eigenvalue weighted by molar-refractivity contribution is 6.32. The number of amides is 6. The number of aromatic nitrogens is 3. The van der Waals surface area contributed by atoms with E-state index in [1.165, 1.54) is 112 Å². The van der Waals surface area contributed by atoms with Crippen molar-refractivity contribution in [3.05, 3.63) is 213 Å². The van der Waals surface area contributed by atoms with Crippen molar-refractivity contribution in [1.82, 2.24) is 62.7 Å². The van der Waals surface area contributed by atoms with Gasteiger partial charge in [0.25, 0.3) is 19.3 Å². The number of hydroxylamine groups is 1. The maximum atomic E-state index is 13.8. The van der Waals surface area contributed by atoms with Gasteiger partial charge in [0.05, 0.1) is 59.4 Å². The number of rotatable bonds is 38. The molecule has 0 unspecified atom stereocenters. The molecule has 9 rings (SSSR count). The number of nitrogens with one attached hydrogen (secondary N) is 8. The lowest BCUT2D eigenvalue weighted by Crippen LogP contribution is -2.55. The number of benzene rings is 6. The molecule has 0 saturated heterocycles. The molecular formula is C72H73Cl3F11N15O12. The standard InChI is InChI=1S/2C24H24ClF4N5O4.C24H25ClF3N5O4/c1-15(36)34(31-10-17-5-3-7-20(27)24(17)25)19(11-30-12-22(28)29)13-37-33(14-35)23-9-21(38-32-23)16-4-2-6-18(26)8-16;1-14(35)34(31-10-16-5-3-7-19(27)23(16)25)18(11-30-12-21(28)29)13-37-24(36)32-22-9-20(33-38-22)15-4-2-6-17(26)8-15;1-15(34)33(30-11-17-8-5-9-19(26)23(17)25)18(12-29-13-21(27)28)14-36-24(35)31-22-10-20(37-32-22)16-6-3-2-4-7-16/h2-9,14,19,22,30-31H,10-13H2,1H3;2-9,18,21,30-31H,10-13H2,1H3,(H,32,36);2-10,18,21,29-30H,11-14H2,1H3,(H,31,32,35)/t19-;2*18-/m000/s1. The van der Waals surface area contributed by atoms with Gasteiger partial charge in [0.1, 0.15) is 48.0 Å². The van der Waals surface area contributed by atoms with Gasteiger partial charge in [-0.3, -0.25) is 49.7 Å². The third-order valence-electron chi connectivity index (χ3n) is 15.4. The zero-order valence-corrected chi connectivity index (χ0v) is 62.0. The van der Waals surface area contributed by atoms with E-state index in [1.807, 2.05) is 18.2 Å². The molecule has 0 saturated carbocycles. The minimum absolute atomic E-state index is 0.0467. The summed E-state index contributed by atoms with van der Waals surface area (Å²) in [6.45, 7) is -0.0879. The molecule has 0 radical (unpaired) electrons. The van der Waals surface area contributed by atoms with E-state index in [9.17, 15) is 77.1 Å². The maximum Gasteiger partial charge on any atom is 0.414 e. The molecule has 3 atom stereocenters. The lowest BCUT2D eigenvalue weighted by Gasteiger charge is -2.32. The predicted octanol–water partition coefficient (Wildman–Crippen LogP) is 13.0. The van der Waals surface area contributed by atoms with E-state index in [2.05, 4.69) is 58.3 Å². The van der Waals surface area contributed by atoms with Crippen LogP contribution in [0.1, 0.15) is 37.5 Å². The number of hydrazine groups is 3. The van der Waals surface area contributed by atoms with Crippen molar-refractivity contribution >= 4 is 88.6 Å². The Morgan fingerprint density at radius 3 is 1.30 bits per heavy atom. The summed E-state index contributed by atoms with van der Waals surface area (Å²) in [4.78, 5) is 79.0. The number of carbonyl (C=O) groups is 6. The summed E-state index contributed by atoms with van der Waals surface area (Å²) in [5, 5.41) is 27.1. The Bertz CT molecular complexity index is 4550. The minimum Gasteiger partial charge on any atom is -0.447 e. The predicted molar refractivity (Wildman–Crippen MR) is 390 cm³/mol. The van der Waals surface area contributed by atoms with Crippen LogP contribution in [0, 0.1) is 29.1 Å². The maximum absolute atomic E-state index is 13.8. The highest BCUT2D eigenvalue weighted by atomic mass is 35.5. The summed E-state index contributed by atoms with van der Waals surface area (Å²) in [6, 6.07) is 34.1. The first-order valence-corrected chi connectivity index (χ1v) is 34.8. The van der Waals surface area contributed by atoms with Crippen LogP contribution >= 0.6 is 34.8 Å². The molecule has 0 fully saturated rings. The first-order chi connectivity index (χ1) is 54.1. The molecule has 6 aromatic carbocycles. The molecule has 0 aliphatic rings. The molecule has 0 spiro atoms. The van der Waals surface area contributed by atoms with E-state index in [0.29, 0.717) is 38.6 Å². The van der Waals surface area contributed by atoms with Gasteiger partial charge >= 0.3 is 12.2 Å². The number of alkyl halides is 6. The molecule has 0 aliphatic carbocycles. The molecule has 0 bridgehead atoms. The van der Waals surface area contributed by atoms with Gasteiger partial charge in [0.15, 0.2) is 17.3 Å². The summed E-state index contributed by atoms with van der Waals surface area (Å²) in [6.07, 6.45) is -9.52. The minimum atomic E-state index is -2.65. The summed E-state index contributed by atoms with van der Waals surface area (Å²) in [5.41, 5.74) is 11.2. The molecule has 8 N–H and O–H groups in total. The van der Waals surface area contributed by atoms with E-state index in [0.717, 1.165) is 20.6 Å². The number of hydrogen-bond acceptors (Lipinski definition) is 21. The van der Waals surface area contributed by atoms with Gasteiger partial charge in [-0.05, 0) is 59.2 Å². The quantitative estimate of drug-likeness (QED) is 0.0101. The van der Waals surface area contributed by atoms with Crippen molar-refractivity contribution in [2.75, 3.05) is 74.8 Å². The average molecular weight is 1660 g/mol. The Kier molecular flexibility index (Phi) is 36.1. The number of nitrogens with zero attached hydrogens (tertiary/aromatic N) is 7. The first-order valence-electron chi connectivity index (χ1n) is 33.6. The molecular weight excluding hydrogens is 1580 g/mol. The highest BCUT2D eigenvalue weighted by Crippen LogP contribution is 2.28. The molecule has 41 heteroatoms. The number of carbonyl (C=O) groups excluding carboxylic acids is 6. The van der Waals surface area contributed by atoms with Crippen molar-refractivity contribution in [2.45, 2.75) is 77.8 Å². The van der Waals surface area contributed by atoms with Crippen LogP contribution in [0.15, 0.2) is 165 Å². The van der Waals surface area contributed by atoms with Crippen LogP contribution in [-0.2, 0) is 53.1 Å². The van der Waals surface area contributed by atoms with Gasteiger partial charge in [0.2, 0.25) is 35.8 Å². The third kappa shape index (κ3) is 29.3. The van der Waals surface area contributed by atoms with Crippen LogP contribution in [0.2, 0.25) is 15.1 Å². The zero-order valence-electron chi connectivity index (χ0n) is 59.8. The van der Waals surface area contributed by atoms with Gasteiger partial charge in [0, 0.05) is 94.9 Å². The van der Waals surface area contributed by atoms with Gasteiger partial charge in [-0.1, -0.05) is 141 Å². The second kappa shape index (κ2) is 45.6. The second-order valence-corrected chi connectivity index (χ2v) is 24.8. The fourth-order valence-electron chi connectivity index (χ4n) is 10.1. The van der Waals surface area contributed by atoms with E-state index in [4.69, 9.17) is 62.7 Å². The SMILES string of the molecule is CC(=O)N(NCc1cccc(F)c1Cl)[C@@H](CNCC(F)F)COC(=O)Nc1cc(-c2cccc(F)c2)no1.CC(=O)N(NCc1cccc(F)c1Cl)[C@@H](CNCC(F)F)COC(=O)Nc1cc(-c2ccccc2)on1.CC(=O)N(NCc1cccc(F)c1Cl)[C@@H](CNCC(F)F)CON(C=O)c1cc(-c2cccc(F)c2)on1. The second-order valence-electron chi connectivity index (χ2n) is 23.7. The highest BCUT2D eigenvalue weighted by Gasteiger charge is 2.29. The van der Waals surface area contributed by atoms with Gasteiger partial charge in [-0.25, -0.2) is 74.2 Å². The number of hydrogen-bond donors (Lipinski definition) is 8. The van der Waals surface area contributed by atoms with Gasteiger partial charge in [-0.2, -0.15) is 5.06 Å². The van der Waals surface area contributed by atoms with Crippen molar-refractivity contribution in [2.24, 2.45) is 0 Å². The molecule has 27 nitrogen and oxygen atoms in total. The Hall–Kier alpha value is -10.8. The average Bonchev–Trinajstić information content (AvgIpc) is 1.81.